The maximum atomic E-state index is 13.3. The van der Waals surface area contributed by atoms with Gasteiger partial charge in [0.2, 0.25) is 17.6 Å². The molecule has 1 fully saturated rings. The van der Waals surface area contributed by atoms with Crippen molar-refractivity contribution < 1.29 is 18.8 Å². The summed E-state index contributed by atoms with van der Waals surface area (Å²) in [7, 11) is 1.61. The van der Waals surface area contributed by atoms with Crippen molar-refractivity contribution in [2.45, 2.75) is 19.4 Å². The van der Waals surface area contributed by atoms with E-state index in [0.717, 1.165) is 35.2 Å². The maximum Gasteiger partial charge on any atom is 0.241 e. The van der Waals surface area contributed by atoms with Crippen molar-refractivity contribution in [3.63, 3.8) is 0 Å². The number of carbonyl (C=O) groups excluding carboxylic acids is 1. The standard InChI is InChI=1S/C28H26BrClN4O4/c1-36-22-9-11-23(12-10-22)37-25-13-8-21(30)15-24(25)31-28(35)19-3-2-14-34(16-19)17-26-32-27(33-38-26)18-4-6-20(29)7-5-18/h4-13,15,19H,2-3,14,16-17H2,1H3,(H,31,35). The lowest BCUT2D eigenvalue weighted by Crippen LogP contribution is -2.40. The molecule has 1 aromatic heterocycles. The molecule has 0 radical (unpaired) electrons. The Morgan fingerprint density at radius 3 is 2.66 bits per heavy atom. The Hall–Kier alpha value is -3.40. The molecule has 1 unspecified atom stereocenters. The van der Waals surface area contributed by atoms with E-state index >= 15 is 0 Å². The van der Waals surface area contributed by atoms with E-state index in [-0.39, 0.29) is 11.8 Å². The summed E-state index contributed by atoms with van der Waals surface area (Å²) >= 11 is 9.67. The molecule has 8 nitrogen and oxygen atoms in total. The molecular weight excluding hydrogens is 572 g/mol. The van der Waals surface area contributed by atoms with Gasteiger partial charge in [-0.2, -0.15) is 4.98 Å². The molecule has 2 heterocycles. The lowest BCUT2D eigenvalue weighted by atomic mass is 9.97. The van der Waals surface area contributed by atoms with Gasteiger partial charge in [0.05, 0.1) is 25.3 Å². The Kier molecular flexibility index (Phi) is 8.26. The van der Waals surface area contributed by atoms with Gasteiger partial charge in [-0.3, -0.25) is 9.69 Å². The predicted octanol–water partition coefficient (Wildman–Crippen LogP) is 6.80. The number of nitrogens with zero attached hydrogens (tertiary/aromatic N) is 3. The Morgan fingerprint density at radius 2 is 1.89 bits per heavy atom. The third-order valence-corrected chi connectivity index (χ3v) is 7.06. The normalized spacial score (nSPS) is 15.7. The van der Waals surface area contributed by atoms with Crippen LogP contribution in [0, 0.1) is 5.92 Å². The van der Waals surface area contributed by atoms with Crippen LogP contribution in [-0.2, 0) is 11.3 Å². The van der Waals surface area contributed by atoms with Gasteiger partial charge in [0, 0.05) is 21.6 Å². The summed E-state index contributed by atoms with van der Waals surface area (Å²) in [6, 6.07) is 20.1. The summed E-state index contributed by atoms with van der Waals surface area (Å²) in [6.07, 6.45) is 1.67. The van der Waals surface area contributed by atoms with E-state index in [0.29, 0.717) is 47.0 Å². The average molecular weight is 598 g/mol. The smallest absolute Gasteiger partial charge is 0.241 e. The molecule has 1 aliphatic rings. The molecule has 38 heavy (non-hydrogen) atoms. The van der Waals surface area contributed by atoms with E-state index in [1.807, 2.05) is 36.4 Å². The number of nitrogens with one attached hydrogen (secondary N) is 1. The first kappa shape index (κ1) is 26.2. The number of anilines is 1. The number of halogens is 2. The van der Waals surface area contributed by atoms with Crippen molar-refractivity contribution in [2.24, 2.45) is 5.92 Å². The molecule has 1 atom stereocenters. The minimum atomic E-state index is -0.203. The maximum absolute atomic E-state index is 13.3. The number of amides is 1. The largest absolute Gasteiger partial charge is 0.497 e. The number of rotatable bonds is 8. The molecule has 196 valence electrons. The summed E-state index contributed by atoms with van der Waals surface area (Å²) in [5, 5.41) is 7.64. The van der Waals surface area contributed by atoms with Gasteiger partial charge in [0.1, 0.15) is 11.5 Å². The Bertz CT molecular complexity index is 1390. The summed E-state index contributed by atoms with van der Waals surface area (Å²) in [4.78, 5) is 20.0. The van der Waals surface area contributed by atoms with E-state index < -0.39 is 0 Å². The fraction of sp³-hybridized carbons (Fsp3) is 0.250. The Balaban J connectivity index is 1.22. The van der Waals surface area contributed by atoms with Gasteiger partial charge in [0.25, 0.3) is 0 Å². The number of aromatic nitrogens is 2. The zero-order valence-corrected chi connectivity index (χ0v) is 23.0. The van der Waals surface area contributed by atoms with Crippen molar-refractivity contribution in [3.05, 3.63) is 82.1 Å². The summed E-state index contributed by atoms with van der Waals surface area (Å²) in [5.41, 5.74) is 1.40. The van der Waals surface area contributed by atoms with Crippen molar-refractivity contribution in [1.82, 2.24) is 15.0 Å². The molecule has 0 spiro atoms. The first-order valence-corrected chi connectivity index (χ1v) is 13.4. The fourth-order valence-corrected chi connectivity index (χ4v) is 4.77. The SMILES string of the molecule is COc1ccc(Oc2ccc(Cl)cc2NC(=O)C2CCCN(Cc3nc(-c4ccc(Br)cc4)no3)C2)cc1. The van der Waals surface area contributed by atoms with Crippen LogP contribution in [0.5, 0.6) is 17.2 Å². The lowest BCUT2D eigenvalue weighted by molar-refractivity contribution is -0.121. The van der Waals surface area contributed by atoms with Crippen LogP contribution >= 0.6 is 27.5 Å². The van der Waals surface area contributed by atoms with Crippen LogP contribution in [0.3, 0.4) is 0 Å². The quantitative estimate of drug-likeness (QED) is 0.239. The Morgan fingerprint density at radius 1 is 1.13 bits per heavy atom. The van der Waals surface area contributed by atoms with E-state index in [1.54, 1.807) is 37.4 Å². The fourth-order valence-electron chi connectivity index (χ4n) is 4.33. The van der Waals surface area contributed by atoms with Crippen LogP contribution in [0.1, 0.15) is 18.7 Å². The molecule has 1 aliphatic heterocycles. The lowest BCUT2D eigenvalue weighted by Gasteiger charge is -2.31. The number of piperidine rings is 1. The molecule has 4 aromatic rings. The molecule has 0 aliphatic carbocycles. The monoisotopic (exact) mass is 596 g/mol. The number of likely N-dealkylation sites (tertiary alicyclic amines) is 1. The van der Waals surface area contributed by atoms with Crippen molar-refractivity contribution in [1.29, 1.82) is 0 Å². The zero-order chi connectivity index (χ0) is 26.5. The van der Waals surface area contributed by atoms with Gasteiger partial charge in [-0.25, -0.2) is 0 Å². The van der Waals surface area contributed by atoms with E-state index in [1.165, 1.54) is 0 Å². The van der Waals surface area contributed by atoms with E-state index in [4.69, 9.17) is 25.6 Å². The number of methoxy groups -OCH3 is 1. The third-order valence-electron chi connectivity index (χ3n) is 6.29. The highest BCUT2D eigenvalue weighted by Gasteiger charge is 2.27. The van der Waals surface area contributed by atoms with Gasteiger partial charge in [0.15, 0.2) is 5.75 Å². The second kappa shape index (κ2) is 12.0. The molecule has 0 bridgehead atoms. The molecular formula is C28H26BrClN4O4. The molecule has 1 N–H and O–H groups in total. The predicted molar refractivity (Wildman–Crippen MR) is 149 cm³/mol. The molecule has 3 aromatic carbocycles. The first-order valence-electron chi connectivity index (χ1n) is 12.2. The number of carbonyl (C=O) groups is 1. The zero-order valence-electron chi connectivity index (χ0n) is 20.7. The molecule has 5 rings (SSSR count). The Labute approximate surface area is 234 Å². The number of hydrogen-bond donors (Lipinski definition) is 1. The number of benzene rings is 3. The molecule has 10 heteroatoms. The first-order chi connectivity index (χ1) is 18.5. The second-order valence-electron chi connectivity index (χ2n) is 9.00. The van der Waals surface area contributed by atoms with Gasteiger partial charge in [-0.15, -0.1) is 0 Å². The summed E-state index contributed by atoms with van der Waals surface area (Å²) in [6.45, 7) is 1.91. The van der Waals surface area contributed by atoms with Gasteiger partial charge in [-0.1, -0.05) is 32.7 Å². The number of ether oxygens (including phenoxy) is 2. The molecule has 1 saturated heterocycles. The highest BCUT2D eigenvalue weighted by molar-refractivity contribution is 9.10. The van der Waals surface area contributed by atoms with Crippen molar-refractivity contribution in [2.75, 3.05) is 25.5 Å². The highest BCUT2D eigenvalue weighted by atomic mass is 79.9. The topological polar surface area (TPSA) is 89.7 Å². The minimum absolute atomic E-state index is 0.0855. The van der Waals surface area contributed by atoms with Gasteiger partial charge in [-0.05, 0) is 86.1 Å². The van der Waals surface area contributed by atoms with Crippen LogP contribution in [0.25, 0.3) is 11.4 Å². The van der Waals surface area contributed by atoms with Gasteiger partial charge < -0.3 is 19.3 Å². The van der Waals surface area contributed by atoms with Crippen molar-refractivity contribution >= 4 is 39.1 Å². The van der Waals surface area contributed by atoms with E-state index in [9.17, 15) is 4.79 Å². The third kappa shape index (κ3) is 6.53. The highest BCUT2D eigenvalue weighted by Crippen LogP contribution is 2.33. The summed E-state index contributed by atoms with van der Waals surface area (Å²) < 4.78 is 17.7. The van der Waals surface area contributed by atoms with Crippen molar-refractivity contribution in [3.8, 4) is 28.6 Å². The second-order valence-corrected chi connectivity index (χ2v) is 10.4. The number of hydrogen-bond acceptors (Lipinski definition) is 7. The van der Waals surface area contributed by atoms with Crippen LogP contribution in [0.2, 0.25) is 5.02 Å². The summed E-state index contributed by atoms with van der Waals surface area (Å²) in [5.74, 6) is 2.64. The average Bonchev–Trinajstić information content (AvgIpc) is 3.39. The van der Waals surface area contributed by atoms with Crippen LogP contribution in [0.15, 0.2) is 75.7 Å². The van der Waals surface area contributed by atoms with Crippen LogP contribution in [0.4, 0.5) is 5.69 Å². The molecule has 1 amide bonds. The van der Waals surface area contributed by atoms with Gasteiger partial charge >= 0.3 is 0 Å². The van der Waals surface area contributed by atoms with E-state index in [2.05, 4.69) is 36.3 Å². The van der Waals surface area contributed by atoms with Crippen LogP contribution < -0.4 is 14.8 Å². The minimum Gasteiger partial charge on any atom is -0.497 e. The van der Waals surface area contributed by atoms with Crippen LogP contribution in [-0.4, -0.2) is 41.1 Å². The molecule has 0 saturated carbocycles.